The lowest BCUT2D eigenvalue weighted by atomic mass is 10.2. The maximum atomic E-state index is 12.1. The van der Waals surface area contributed by atoms with Crippen LogP contribution >= 0.6 is 11.8 Å². The van der Waals surface area contributed by atoms with Gasteiger partial charge in [-0.15, -0.1) is 0 Å². The van der Waals surface area contributed by atoms with Gasteiger partial charge in [0.1, 0.15) is 11.6 Å². The van der Waals surface area contributed by atoms with Gasteiger partial charge in [-0.1, -0.05) is 30.8 Å². The van der Waals surface area contributed by atoms with Crippen LogP contribution in [0.3, 0.4) is 0 Å². The molecule has 3 aromatic rings. The highest BCUT2D eigenvalue weighted by atomic mass is 32.2. The van der Waals surface area contributed by atoms with Gasteiger partial charge in [-0.2, -0.15) is 5.10 Å². The molecule has 0 aliphatic heterocycles. The van der Waals surface area contributed by atoms with E-state index in [2.05, 4.69) is 32.6 Å². The number of hydrogen-bond acceptors (Lipinski definition) is 8. The second-order valence-corrected chi connectivity index (χ2v) is 8.00. The number of aryl methyl sites for hydroxylation is 1. The van der Waals surface area contributed by atoms with Crippen molar-refractivity contribution in [2.45, 2.75) is 25.5 Å². The number of thioether (sulfide) groups is 1. The molecule has 2 N–H and O–H groups in total. The van der Waals surface area contributed by atoms with Gasteiger partial charge in [0.05, 0.1) is 24.7 Å². The van der Waals surface area contributed by atoms with E-state index in [-0.39, 0.29) is 12.5 Å². The van der Waals surface area contributed by atoms with Crippen molar-refractivity contribution in [1.29, 1.82) is 0 Å². The fourth-order valence-electron chi connectivity index (χ4n) is 2.91. The van der Waals surface area contributed by atoms with Crippen LogP contribution < -0.4 is 15.4 Å². The molecule has 0 saturated carbocycles. The van der Waals surface area contributed by atoms with Crippen LogP contribution in [0.1, 0.15) is 12.5 Å². The van der Waals surface area contributed by atoms with Crippen molar-refractivity contribution in [1.82, 2.24) is 25.1 Å². The van der Waals surface area contributed by atoms with Crippen molar-refractivity contribution < 1.29 is 14.3 Å². The van der Waals surface area contributed by atoms with E-state index >= 15 is 0 Å². The van der Waals surface area contributed by atoms with E-state index in [4.69, 9.17) is 9.47 Å². The maximum absolute atomic E-state index is 12.1. The number of ether oxygens (including phenoxy) is 2. The number of hydrogen-bond donors (Lipinski definition) is 2. The van der Waals surface area contributed by atoms with E-state index in [0.29, 0.717) is 37.1 Å². The molecule has 3 rings (SSSR count). The first-order valence-electron chi connectivity index (χ1n) is 10.2. The second-order valence-electron chi connectivity index (χ2n) is 6.77. The molecule has 166 valence electrons. The molecule has 0 radical (unpaired) electrons. The Morgan fingerprint density at radius 3 is 2.90 bits per heavy atom. The largest absolute Gasteiger partial charge is 0.484 e. The second kappa shape index (κ2) is 11.5. The van der Waals surface area contributed by atoms with Gasteiger partial charge in [0.2, 0.25) is 0 Å². The Bertz CT molecular complexity index is 1010. The molecule has 1 aromatic carbocycles. The standard InChI is InChI=1S/C21H28N6O3S/c1-4-31-21-25-19(23-9-11-29-3)17-13-24-27(20(17)26-21)10-8-22-18(28)14-30-16-7-5-6-15(2)12-16/h5-7,12-13H,4,8-11,14H2,1-3H3,(H,22,28)(H,23,25,26). The van der Waals surface area contributed by atoms with Gasteiger partial charge in [-0.3, -0.25) is 4.79 Å². The first-order chi connectivity index (χ1) is 15.1. The molecule has 0 atom stereocenters. The van der Waals surface area contributed by atoms with Crippen LogP contribution in [0.4, 0.5) is 5.82 Å². The number of nitrogens with one attached hydrogen (secondary N) is 2. The number of methoxy groups -OCH3 is 1. The maximum Gasteiger partial charge on any atom is 0.258 e. The van der Waals surface area contributed by atoms with Crippen molar-refractivity contribution in [3.05, 3.63) is 36.0 Å². The molecule has 0 unspecified atom stereocenters. The molecule has 0 saturated heterocycles. The predicted molar refractivity (Wildman–Crippen MR) is 122 cm³/mol. The summed E-state index contributed by atoms with van der Waals surface area (Å²) in [5.74, 6) is 2.10. The predicted octanol–water partition coefficient (Wildman–Crippen LogP) is 2.50. The Balaban J connectivity index is 1.59. The van der Waals surface area contributed by atoms with Gasteiger partial charge in [0.25, 0.3) is 5.91 Å². The Hall–Kier alpha value is -2.85. The smallest absolute Gasteiger partial charge is 0.258 e. The lowest BCUT2D eigenvalue weighted by Gasteiger charge is -2.10. The minimum atomic E-state index is -0.184. The third kappa shape index (κ3) is 6.56. The summed E-state index contributed by atoms with van der Waals surface area (Å²) in [6.07, 6.45) is 1.74. The Labute approximate surface area is 185 Å². The van der Waals surface area contributed by atoms with E-state index in [1.807, 2.05) is 31.2 Å². The molecular weight excluding hydrogens is 416 g/mol. The Kier molecular flexibility index (Phi) is 8.48. The quantitative estimate of drug-likeness (QED) is 0.250. The van der Waals surface area contributed by atoms with Crippen molar-refractivity contribution in [2.75, 3.05) is 44.5 Å². The van der Waals surface area contributed by atoms with E-state index in [9.17, 15) is 4.79 Å². The topological polar surface area (TPSA) is 103 Å². The average molecular weight is 445 g/mol. The molecule has 0 aliphatic carbocycles. The fourth-order valence-corrected chi connectivity index (χ4v) is 3.47. The van der Waals surface area contributed by atoms with Crippen LogP contribution in [-0.2, 0) is 16.1 Å². The number of anilines is 1. The van der Waals surface area contributed by atoms with Crippen LogP contribution in [0.2, 0.25) is 0 Å². The van der Waals surface area contributed by atoms with Crippen molar-refractivity contribution in [3.8, 4) is 5.75 Å². The fraction of sp³-hybridized carbons (Fsp3) is 0.429. The Morgan fingerprint density at radius 2 is 2.13 bits per heavy atom. The van der Waals surface area contributed by atoms with Crippen LogP contribution in [0.25, 0.3) is 11.0 Å². The zero-order valence-electron chi connectivity index (χ0n) is 18.1. The van der Waals surface area contributed by atoms with Crippen molar-refractivity contribution in [2.24, 2.45) is 0 Å². The van der Waals surface area contributed by atoms with Gasteiger partial charge >= 0.3 is 0 Å². The number of carbonyl (C=O) groups is 1. The molecular formula is C21H28N6O3S. The zero-order valence-corrected chi connectivity index (χ0v) is 18.9. The third-order valence-electron chi connectivity index (χ3n) is 4.35. The summed E-state index contributed by atoms with van der Waals surface area (Å²) in [5, 5.41) is 12.1. The number of aromatic nitrogens is 4. The molecule has 0 fully saturated rings. The van der Waals surface area contributed by atoms with E-state index < -0.39 is 0 Å². The number of amides is 1. The number of rotatable bonds is 12. The molecule has 2 aromatic heterocycles. The van der Waals surface area contributed by atoms with Crippen LogP contribution in [-0.4, -0.2) is 64.8 Å². The van der Waals surface area contributed by atoms with E-state index in [1.165, 1.54) is 0 Å². The molecule has 31 heavy (non-hydrogen) atoms. The molecule has 10 heteroatoms. The van der Waals surface area contributed by atoms with Gasteiger partial charge in [-0.05, 0) is 30.4 Å². The molecule has 0 aliphatic rings. The first-order valence-corrected chi connectivity index (χ1v) is 11.1. The van der Waals surface area contributed by atoms with Gasteiger partial charge in [0, 0.05) is 20.2 Å². The molecule has 1 amide bonds. The third-order valence-corrected chi connectivity index (χ3v) is 5.08. The van der Waals surface area contributed by atoms with Crippen LogP contribution in [0.15, 0.2) is 35.6 Å². The highest BCUT2D eigenvalue weighted by Crippen LogP contribution is 2.24. The van der Waals surface area contributed by atoms with E-state index in [1.54, 1.807) is 29.8 Å². The summed E-state index contributed by atoms with van der Waals surface area (Å²) in [6.45, 7) is 6.13. The van der Waals surface area contributed by atoms with Gasteiger partial charge in [-0.25, -0.2) is 14.6 Å². The number of fused-ring (bicyclic) bond motifs is 1. The average Bonchev–Trinajstić information content (AvgIpc) is 3.16. The zero-order chi connectivity index (χ0) is 22.1. The van der Waals surface area contributed by atoms with Crippen molar-refractivity contribution in [3.63, 3.8) is 0 Å². The lowest BCUT2D eigenvalue weighted by Crippen LogP contribution is -2.31. The minimum absolute atomic E-state index is 0.0314. The molecule has 9 nitrogen and oxygen atoms in total. The van der Waals surface area contributed by atoms with Crippen molar-refractivity contribution >= 4 is 34.5 Å². The van der Waals surface area contributed by atoms with Crippen LogP contribution in [0, 0.1) is 6.92 Å². The lowest BCUT2D eigenvalue weighted by molar-refractivity contribution is -0.123. The summed E-state index contributed by atoms with van der Waals surface area (Å²) >= 11 is 1.57. The highest BCUT2D eigenvalue weighted by Gasteiger charge is 2.13. The van der Waals surface area contributed by atoms with Gasteiger partial charge in [0.15, 0.2) is 17.4 Å². The first kappa shape index (κ1) is 22.8. The minimum Gasteiger partial charge on any atom is -0.484 e. The molecule has 0 spiro atoms. The number of carbonyl (C=O) groups excluding carboxylic acids is 1. The van der Waals surface area contributed by atoms with Gasteiger partial charge < -0.3 is 20.1 Å². The highest BCUT2D eigenvalue weighted by molar-refractivity contribution is 7.99. The monoisotopic (exact) mass is 444 g/mol. The summed E-state index contributed by atoms with van der Waals surface area (Å²) in [5.41, 5.74) is 1.82. The summed E-state index contributed by atoms with van der Waals surface area (Å²) in [7, 11) is 1.66. The number of nitrogens with zero attached hydrogens (tertiary/aromatic N) is 4. The summed E-state index contributed by atoms with van der Waals surface area (Å²) < 4.78 is 12.4. The number of benzene rings is 1. The molecule has 2 heterocycles. The van der Waals surface area contributed by atoms with Crippen LogP contribution in [0.5, 0.6) is 5.75 Å². The summed E-state index contributed by atoms with van der Waals surface area (Å²) in [6, 6.07) is 7.61. The molecule has 0 bridgehead atoms. The normalized spacial score (nSPS) is 10.9. The van der Waals surface area contributed by atoms with E-state index in [0.717, 1.165) is 28.2 Å². The summed E-state index contributed by atoms with van der Waals surface area (Å²) in [4.78, 5) is 21.3. The Morgan fingerprint density at radius 1 is 1.26 bits per heavy atom. The SMILES string of the molecule is CCSc1nc(NCCOC)c2cnn(CCNC(=O)COc3cccc(C)c3)c2n1.